The molecule has 0 bridgehead atoms. The van der Waals surface area contributed by atoms with Gasteiger partial charge in [0.05, 0.1) is 11.3 Å². The predicted octanol–water partition coefficient (Wildman–Crippen LogP) is 6.74. The summed E-state index contributed by atoms with van der Waals surface area (Å²) < 4.78 is 40.3. The lowest BCUT2D eigenvalue weighted by atomic mass is 9.95. The minimum absolute atomic E-state index is 0.0346. The summed E-state index contributed by atoms with van der Waals surface area (Å²) in [6, 6.07) is 11.9. The van der Waals surface area contributed by atoms with Crippen molar-refractivity contribution in [3.05, 3.63) is 64.7 Å². The van der Waals surface area contributed by atoms with Crippen molar-refractivity contribution in [3.8, 4) is 0 Å². The molecule has 0 spiro atoms. The summed E-state index contributed by atoms with van der Waals surface area (Å²) in [7, 11) is 0. The lowest BCUT2D eigenvalue weighted by molar-refractivity contribution is -0.137. The van der Waals surface area contributed by atoms with Crippen LogP contribution in [0.5, 0.6) is 0 Å². The Hall–Kier alpha value is -2.05. The summed E-state index contributed by atoms with van der Waals surface area (Å²) in [5, 5.41) is 5.86. The number of rotatable bonds is 5. The van der Waals surface area contributed by atoms with E-state index in [2.05, 4.69) is 10.6 Å². The second kappa shape index (κ2) is 10.3. The van der Waals surface area contributed by atoms with E-state index in [0.29, 0.717) is 0 Å². The zero-order chi connectivity index (χ0) is 21.6. The van der Waals surface area contributed by atoms with Crippen LogP contribution in [0.4, 0.5) is 18.9 Å². The Balaban J connectivity index is 1.84. The van der Waals surface area contributed by atoms with E-state index in [-0.39, 0.29) is 16.8 Å². The Kier molecular flexibility index (Phi) is 7.78. The van der Waals surface area contributed by atoms with Gasteiger partial charge in [-0.2, -0.15) is 13.2 Å². The van der Waals surface area contributed by atoms with Crippen molar-refractivity contribution in [1.29, 1.82) is 0 Å². The molecule has 7 heteroatoms. The van der Waals surface area contributed by atoms with Crippen LogP contribution in [0.25, 0.3) is 0 Å². The molecule has 162 valence electrons. The van der Waals surface area contributed by atoms with Crippen molar-refractivity contribution >= 4 is 23.2 Å². The molecule has 2 aromatic rings. The summed E-state index contributed by atoms with van der Waals surface area (Å²) in [6.45, 7) is 0. The molecule has 0 radical (unpaired) electrons. The van der Waals surface area contributed by atoms with Crippen molar-refractivity contribution < 1.29 is 18.0 Å². The lowest BCUT2D eigenvalue weighted by Crippen LogP contribution is -2.40. The number of alkyl halides is 3. The molecule has 0 aliphatic heterocycles. The van der Waals surface area contributed by atoms with E-state index in [1.165, 1.54) is 31.4 Å². The number of halogens is 4. The molecule has 1 saturated carbocycles. The molecule has 1 atom stereocenters. The van der Waals surface area contributed by atoms with Crippen LogP contribution in [0.2, 0.25) is 5.02 Å². The molecule has 1 fully saturated rings. The second-order valence-corrected chi connectivity index (χ2v) is 8.17. The van der Waals surface area contributed by atoms with Gasteiger partial charge >= 0.3 is 6.18 Å². The molecule has 3 rings (SSSR count). The van der Waals surface area contributed by atoms with Crippen LogP contribution in [0.1, 0.15) is 62.1 Å². The maximum absolute atomic E-state index is 13.4. The van der Waals surface area contributed by atoms with Crippen molar-refractivity contribution in [3.63, 3.8) is 0 Å². The van der Waals surface area contributed by atoms with Gasteiger partial charge < -0.3 is 5.32 Å². The molecular weight excluding hydrogens is 413 g/mol. The molecular formula is C23H26ClF3N2O. The van der Waals surface area contributed by atoms with Crippen LogP contribution in [-0.2, 0) is 11.0 Å². The van der Waals surface area contributed by atoms with Gasteiger partial charge in [0, 0.05) is 11.1 Å². The average Bonchev–Trinajstić information content (AvgIpc) is 2.68. The van der Waals surface area contributed by atoms with Crippen LogP contribution in [0.15, 0.2) is 48.5 Å². The van der Waals surface area contributed by atoms with Crippen LogP contribution >= 0.6 is 11.6 Å². The first-order chi connectivity index (χ1) is 14.3. The number of hydrogen-bond donors (Lipinski definition) is 2. The van der Waals surface area contributed by atoms with Gasteiger partial charge in [0.2, 0.25) is 5.91 Å². The molecule has 0 aromatic heterocycles. The molecule has 0 heterocycles. The molecule has 2 aromatic carbocycles. The quantitative estimate of drug-likeness (QED) is 0.542. The van der Waals surface area contributed by atoms with Crippen molar-refractivity contribution in [1.82, 2.24) is 5.32 Å². The van der Waals surface area contributed by atoms with Crippen molar-refractivity contribution in [2.24, 2.45) is 0 Å². The van der Waals surface area contributed by atoms with Crippen LogP contribution in [0, 0.1) is 0 Å². The van der Waals surface area contributed by atoms with Gasteiger partial charge in [-0.15, -0.1) is 0 Å². The van der Waals surface area contributed by atoms with E-state index < -0.39 is 23.7 Å². The monoisotopic (exact) mass is 438 g/mol. The molecule has 0 unspecified atom stereocenters. The Labute approximate surface area is 180 Å². The molecule has 0 saturated heterocycles. The highest BCUT2D eigenvalue weighted by atomic mass is 35.5. The number of anilines is 1. The van der Waals surface area contributed by atoms with Crippen molar-refractivity contribution in [2.45, 2.75) is 63.2 Å². The smallest absolute Gasteiger partial charge is 0.324 e. The van der Waals surface area contributed by atoms with Crippen molar-refractivity contribution in [2.75, 3.05) is 5.32 Å². The van der Waals surface area contributed by atoms with Crippen LogP contribution in [-0.4, -0.2) is 11.9 Å². The molecule has 1 aliphatic rings. The number of benzene rings is 2. The highest BCUT2D eigenvalue weighted by molar-refractivity contribution is 6.30. The van der Waals surface area contributed by atoms with E-state index in [0.717, 1.165) is 37.3 Å². The predicted molar refractivity (Wildman–Crippen MR) is 114 cm³/mol. The molecule has 3 nitrogen and oxygen atoms in total. The first kappa shape index (κ1) is 22.6. The van der Waals surface area contributed by atoms with E-state index in [1.54, 1.807) is 0 Å². The van der Waals surface area contributed by atoms with Gasteiger partial charge in [-0.05, 0) is 36.6 Å². The normalized spacial score (nSPS) is 17.1. The van der Waals surface area contributed by atoms with Gasteiger partial charge in [-0.3, -0.25) is 10.1 Å². The molecule has 2 N–H and O–H groups in total. The first-order valence-corrected chi connectivity index (χ1v) is 10.7. The summed E-state index contributed by atoms with van der Waals surface area (Å²) in [4.78, 5) is 13.1. The molecule has 1 aliphatic carbocycles. The topological polar surface area (TPSA) is 41.1 Å². The Bertz CT molecular complexity index is 834. The third-order valence-corrected chi connectivity index (χ3v) is 5.68. The fourth-order valence-corrected chi connectivity index (χ4v) is 4.06. The van der Waals surface area contributed by atoms with Gasteiger partial charge in [0.1, 0.15) is 6.04 Å². The zero-order valence-electron chi connectivity index (χ0n) is 16.6. The third kappa shape index (κ3) is 6.22. The summed E-state index contributed by atoms with van der Waals surface area (Å²) in [5.74, 6) is -0.518. The largest absolute Gasteiger partial charge is 0.418 e. The molecule has 30 heavy (non-hydrogen) atoms. The first-order valence-electron chi connectivity index (χ1n) is 10.3. The maximum Gasteiger partial charge on any atom is 0.418 e. The van der Waals surface area contributed by atoms with Gasteiger partial charge in [-0.1, -0.05) is 74.0 Å². The van der Waals surface area contributed by atoms with E-state index >= 15 is 0 Å². The Morgan fingerprint density at radius 3 is 2.23 bits per heavy atom. The average molecular weight is 439 g/mol. The maximum atomic E-state index is 13.4. The number of amides is 1. The summed E-state index contributed by atoms with van der Waals surface area (Å²) >= 11 is 5.75. The minimum atomic E-state index is -4.62. The number of nitrogens with one attached hydrogen (secondary N) is 2. The highest BCUT2D eigenvalue weighted by Gasteiger charge is 2.35. The number of hydrogen-bond acceptors (Lipinski definition) is 2. The fourth-order valence-electron chi connectivity index (χ4n) is 3.89. The van der Waals surface area contributed by atoms with E-state index in [9.17, 15) is 18.0 Å². The summed E-state index contributed by atoms with van der Waals surface area (Å²) in [6.07, 6.45) is 3.00. The second-order valence-electron chi connectivity index (χ2n) is 7.73. The SMILES string of the molecule is O=C(Nc1ccc(Cl)cc1C(F)(F)F)[C@@H](NC1CCCCCCC1)c1ccccc1. The number of carbonyl (C=O) groups excluding carboxylic acids is 1. The fraction of sp³-hybridized carbons (Fsp3) is 0.435. The van der Waals surface area contributed by atoms with Gasteiger partial charge in [-0.25, -0.2) is 0 Å². The molecule has 1 amide bonds. The van der Waals surface area contributed by atoms with Crippen LogP contribution < -0.4 is 10.6 Å². The van der Waals surface area contributed by atoms with E-state index in [4.69, 9.17) is 11.6 Å². The van der Waals surface area contributed by atoms with Gasteiger partial charge in [0.25, 0.3) is 0 Å². The lowest BCUT2D eigenvalue weighted by Gasteiger charge is -2.27. The zero-order valence-corrected chi connectivity index (χ0v) is 17.4. The Morgan fingerprint density at radius 1 is 0.967 bits per heavy atom. The third-order valence-electron chi connectivity index (χ3n) is 5.45. The van der Waals surface area contributed by atoms with E-state index in [1.807, 2.05) is 30.3 Å². The van der Waals surface area contributed by atoms with Gasteiger partial charge in [0.15, 0.2) is 0 Å². The van der Waals surface area contributed by atoms with Crippen LogP contribution in [0.3, 0.4) is 0 Å². The summed E-state index contributed by atoms with van der Waals surface area (Å²) in [5.41, 5.74) is -0.530. The Morgan fingerprint density at radius 2 is 1.60 bits per heavy atom. The minimum Gasteiger partial charge on any atom is -0.324 e. The standard InChI is InChI=1S/C23H26ClF3N2O/c24-17-13-14-20(19(15-17)23(25,26)27)29-22(30)21(16-9-5-4-6-10-16)28-18-11-7-2-1-3-8-12-18/h4-6,9-10,13-15,18,21,28H,1-3,7-8,11-12H2,(H,29,30)/t21-/m0/s1. The highest BCUT2D eigenvalue weighted by Crippen LogP contribution is 2.37. The number of carbonyl (C=O) groups is 1.